The van der Waals surface area contributed by atoms with Crippen molar-refractivity contribution in [3.8, 4) is 5.75 Å². The molecule has 0 saturated heterocycles. The summed E-state index contributed by atoms with van der Waals surface area (Å²) in [5.41, 5.74) is 8.53. The largest absolute Gasteiger partial charge is 0.497 e. The number of fused-ring (bicyclic) bond motifs is 1. The van der Waals surface area contributed by atoms with Crippen LogP contribution in [0.3, 0.4) is 0 Å². The predicted octanol–water partition coefficient (Wildman–Crippen LogP) is 2.43. The number of nitrogens with two attached hydrogens (primary N) is 1. The van der Waals surface area contributed by atoms with E-state index in [9.17, 15) is 4.21 Å². The fourth-order valence-corrected chi connectivity index (χ4v) is 4.20. The highest BCUT2D eigenvalue weighted by Gasteiger charge is 2.34. The lowest BCUT2D eigenvalue weighted by Crippen LogP contribution is -2.26. The molecule has 0 saturated carbocycles. The van der Waals surface area contributed by atoms with Crippen molar-refractivity contribution in [1.82, 2.24) is 0 Å². The second-order valence-corrected chi connectivity index (χ2v) is 6.62. The summed E-state index contributed by atoms with van der Waals surface area (Å²) in [4.78, 5) is 0.840. The normalized spacial score (nSPS) is 22.3. The third-order valence-electron chi connectivity index (χ3n) is 3.78. The summed E-state index contributed by atoms with van der Waals surface area (Å²) in [6.45, 7) is 0. The SMILES string of the molecule is COc1ccc2c(c1)C(N)C(S(=O)c1ccccc1)C2. The van der Waals surface area contributed by atoms with Crippen LogP contribution >= 0.6 is 0 Å². The molecule has 20 heavy (non-hydrogen) atoms. The molecule has 2 N–H and O–H groups in total. The minimum absolute atomic E-state index is 0.0699. The van der Waals surface area contributed by atoms with E-state index < -0.39 is 10.8 Å². The summed E-state index contributed by atoms with van der Waals surface area (Å²) in [6.07, 6.45) is 0.752. The van der Waals surface area contributed by atoms with Crippen LogP contribution in [0.4, 0.5) is 0 Å². The average molecular weight is 287 g/mol. The molecule has 104 valence electrons. The van der Waals surface area contributed by atoms with Crippen molar-refractivity contribution >= 4 is 10.8 Å². The Morgan fingerprint density at radius 1 is 1.20 bits per heavy atom. The van der Waals surface area contributed by atoms with Gasteiger partial charge in [-0.3, -0.25) is 4.21 Å². The first-order valence-electron chi connectivity index (χ1n) is 6.58. The standard InChI is InChI=1S/C16H17NO2S/c1-19-12-8-7-11-9-15(16(17)14(11)10-12)20(18)13-5-3-2-4-6-13/h2-8,10,15-16H,9,17H2,1H3. The van der Waals surface area contributed by atoms with Crippen molar-refractivity contribution in [2.24, 2.45) is 5.73 Å². The predicted molar refractivity (Wildman–Crippen MR) is 80.3 cm³/mol. The number of methoxy groups -OCH3 is 1. The zero-order valence-corrected chi connectivity index (χ0v) is 12.1. The van der Waals surface area contributed by atoms with Crippen LogP contribution in [0.5, 0.6) is 5.75 Å². The van der Waals surface area contributed by atoms with Gasteiger partial charge in [0.05, 0.1) is 23.2 Å². The Balaban J connectivity index is 1.90. The smallest absolute Gasteiger partial charge is 0.119 e. The Bertz CT molecular complexity index is 642. The molecule has 1 aliphatic carbocycles. The third-order valence-corrected chi connectivity index (χ3v) is 5.53. The summed E-state index contributed by atoms with van der Waals surface area (Å²) in [5, 5.41) is -0.0699. The first-order chi connectivity index (χ1) is 9.70. The van der Waals surface area contributed by atoms with Crippen LogP contribution in [0.25, 0.3) is 0 Å². The van der Waals surface area contributed by atoms with Crippen LogP contribution in [0, 0.1) is 0 Å². The van der Waals surface area contributed by atoms with E-state index >= 15 is 0 Å². The van der Waals surface area contributed by atoms with Crippen LogP contribution in [0.2, 0.25) is 0 Å². The molecular formula is C16H17NO2S. The van der Waals surface area contributed by atoms with Crippen LogP contribution in [0.1, 0.15) is 17.2 Å². The van der Waals surface area contributed by atoms with E-state index in [-0.39, 0.29) is 11.3 Å². The lowest BCUT2D eigenvalue weighted by Gasteiger charge is -2.15. The molecule has 3 unspecified atom stereocenters. The molecule has 1 aliphatic rings. The maximum absolute atomic E-state index is 12.7. The summed E-state index contributed by atoms with van der Waals surface area (Å²) in [7, 11) is 0.551. The van der Waals surface area contributed by atoms with E-state index in [1.165, 1.54) is 5.56 Å². The molecule has 3 rings (SSSR count). The molecule has 0 radical (unpaired) electrons. The minimum Gasteiger partial charge on any atom is -0.497 e. The van der Waals surface area contributed by atoms with Gasteiger partial charge in [0.1, 0.15) is 5.75 Å². The summed E-state index contributed by atoms with van der Waals surface area (Å²) < 4.78 is 17.9. The van der Waals surface area contributed by atoms with E-state index in [1.54, 1.807) is 7.11 Å². The van der Waals surface area contributed by atoms with Gasteiger partial charge in [0.2, 0.25) is 0 Å². The first-order valence-corrected chi connectivity index (χ1v) is 7.80. The van der Waals surface area contributed by atoms with Crippen LogP contribution in [-0.2, 0) is 17.2 Å². The molecule has 0 amide bonds. The van der Waals surface area contributed by atoms with Gasteiger partial charge in [0.15, 0.2) is 0 Å². The molecule has 0 bridgehead atoms. The highest BCUT2D eigenvalue weighted by molar-refractivity contribution is 7.85. The molecule has 0 heterocycles. The maximum atomic E-state index is 12.7. The van der Waals surface area contributed by atoms with Crippen LogP contribution in [0.15, 0.2) is 53.4 Å². The van der Waals surface area contributed by atoms with E-state index in [0.29, 0.717) is 0 Å². The monoisotopic (exact) mass is 287 g/mol. The Morgan fingerprint density at radius 2 is 1.95 bits per heavy atom. The zero-order valence-electron chi connectivity index (χ0n) is 11.3. The highest BCUT2D eigenvalue weighted by atomic mass is 32.2. The average Bonchev–Trinajstić information content (AvgIpc) is 2.84. The fraction of sp³-hybridized carbons (Fsp3) is 0.250. The van der Waals surface area contributed by atoms with Gasteiger partial charge in [-0.15, -0.1) is 0 Å². The van der Waals surface area contributed by atoms with Gasteiger partial charge in [-0.2, -0.15) is 0 Å². The quantitative estimate of drug-likeness (QED) is 0.943. The molecule has 0 spiro atoms. The zero-order chi connectivity index (χ0) is 14.1. The Hall–Kier alpha value is -1.65. The van der Waals surface area contributed by atoms with E-state index in [0.717, 1.165) is 22.6 Å². The fourth-order valence-electron chi connectivity index (χ4n) is 2.68. The number of benzene rings is 2. The van der Waals surface area contributed by atoms with Gasteiger partial charge >= 0.3 is 0 Å². The summed E-state index contributed by atoms with van der Waals surface area (Å²) >= 11 is 0. The van der Waals surface area contributed by atoms with E-state index in [1.807, 2.05) is 48.5 Å². The van der Waals surface area contributed by atoms with Gasteiger partial charge in [0, 0.05) is 10.9 Å². The second kappa shape index (κ2) is 5.38. The van der Waals surface area contributed by atoms with Gasteiger partial charge in [-0.1, -0.05) is 24.3 Å². The Morgan fingerprint density at radius 3 is 2.65 bits per heavy atom. The topological polar surface area (TPSA) is 52.3 Å². The molecule has 3 atom stereocenters. The van der Waals surface area contributed by atoms with Crippen LogP contribution < -0.4 is 10.5 Å². The number of rotatable bonds is 3. The molecule has 3 nitrogen and oxygen atoms in total. The van der Waals surface area contributed by atoms with Gasteiger partial charge in [-0.05, 0) is 41.8 Å². The maximum Gasteiger partial charge on any atom is 0.119 e. The molecule has 2 aromatic rings. The van der Waals surface area contributed by atoms with E-state index in [4.69, 9.17) is 10.5 Å². The molecule has 0 fully saturated rings. The van der Waals surface area contributed by atoms with Crippen molar-refractivity contribution < 1.29 is 8.95 Å². The van der Waals surface area contributed by atoms with Crippen LogP contribution in [-0.4, -0.2) is 16.6 Å². The highest BCUT2D eigenvalue weighted by Crippen LogP contribution is 2.36. The molecule has 4 heteroatoms. The Labute approximate surface area is 121 Å². The number of hydrogen-bond acceptors (Lipinski definition) is 3. The van der Waals surface area contributed by atoms with Crippen molar-refractivity contribution in [2.45, 2.75) is 22.6 Å². The molecular weight excluding hydrogens is 270 g/mol. The van der Waals surface area contributed by atoms with Crippen molar-refractivity contribution in [1.29, 1.82) is 0 Å². The first kappa shape index (κ1) is 13.3. The molecule has 0 aliphatic heterocycles. The lowest BCUT2D eigenvalue weighted by molar-refractivity contribution is 0.414. The lowest BCUT2D eigenvalue weighted by atomic mass is 10.1. The van der Waals surface area contributed by atoms with Crippen molar-refractivity contribution in [3.05, 3.63) is 59.7 Å². The summed E-state index contributed by atoms with van der Waals surface area (Å²) in [5.74, 6) is 0.797. The summed E-state index contributed by atoms with van der Waals surface area (Å²) in [6, 6.07) is 15.2. The van der Waals surface area contributed by atoms with Gasteiger partial charge < -0.3 is 10.5 Å². The number of ether oxygens (including phenoxy) is 1. The Kier molecular flexibility index (Phi) is 3.59. The molecule has 2 aromatic carbocycles. The van der Waals surface area contributed by atoms with E-state index in [2.05, 4.69) is 0 Å². The second-order valence-electron chi connectivity index (χ2n) is 4.94. The third kappa shape index (κ3) is 2.25. The van der Waals surface area contributed by atoms with Gasteiger partial charge in [-0.25, -0.2) is 0 Å². The van der Waals surface area contributed by atoms with Gasteiger partial charge in [0.25, 0.3) is 0 Å². The minimum atomic E-state index is -1.09. The van der Waals surface area contributed by atoms with Crippen molar-refractivity contribution in [3.63, 3.8) is 0 Å². The van der Waals surface area contributed by atoms with Crippen molar-refractivity contribution in [2.75, 3.05) is 7.11 Å². The molecule has 0 aromatic heterocycles. The number of hydrogen-bond donors (Lipinski definition) is 1.